The normalized spacial score (nSPS) is 16.5. The highest BCUT2D eigenvalue weighted by Crippen LogP contribution is 2.44. The molecule has 2 aliphatic rings. The summed E-state index contributed by atoms with van der Waals surface area (Å²) < 4.78 is 5.56. The Morgan fingerprint density at radius 1 is 1.09 bits per heavy atom. The van der Waals surface area contributed by atoms with Crippen molar-refractivity contribution in [3.05, 3.63) is 59.7 Å². The Balaban J connectivity index is 1.23. The Hall–Kier alpha value is -3.35. The fraction of sp³-hybridized carbons (Fsp3) is 0.444. The summed E-state index contributed by atoms with van der Waals surface area (Å²) in [6.45, 7) is 2.60. The van der Waals surface area contributed by atoms with Crippen molar-refractivity contribution in [1.82, 2.24) is 10.2 Å². The number of carbonyl (C=O) groups is 3. The lowest BCUT2D eigenvalue weighted by Gasteiger charge is -2.45. The van der Waals surface area contributed by atoms with E-state index in [1.807, 2.05) is 31.2 Å². The van der Waals surface area contributed by atoms with Crippen molar-refractivity contribution in [2.45, 2.75) is 50.5 Å². The molecule has 180 valence electrons. The number of nitrogens with one attached hydrogen (secondary N) is 1. The molecular formula is C27H32N2O5. The van der Waals surface area contributed by atoms with Crippen LogP contribution in [0.5, 0.6) is 0 Å². The van der Waals surface area contributed by atoms with Crippen LogP contribution in [0.25, 0.3) is 11.1 Å². The number of likely N-dealkylation sites (N-methyl/N-ethyl adjacent to an activating group) is 1. The molecule has 1 fully saturated rings. The Morgan fingerprint density at radius 3 is 2.21 bits per heavy atom. The van der Waals surface area contributed by atoms with Gasteiger partial charge in [0.15, 0.2) is 0 Å². The number of alkyl carbamates (subject to hydrolysis) is 1. The van der Waals surface area contributed by atoms with Crippen LogP contribution >= 0.6 is 0 Å². The number of carboxylic acid groups (broad SMARTS) is 1. The van der Waals surface area contributed by atoms with E-state index in [4.69, 9.17) is 4.74 Å². The van der Waals surface area contributed by atoms with Crippen LogP contribution in [0, 0.1) is 5.92 Å². The number of hydrogen-bond donors (Lipinski definition) is 2. The summed E-state index contributed by atoms with van der Waals surface area (Å²) >= 11 is 0. The Morgan fingerprint density at radius 2 is 1.68 bits per heavy atom. The minimum absolute atomic E-state index is 0.0109. The number of aliphatic carboxylic acids is 1. The SMILES string of the molecule is CC(CCC(=O)N(C)C1(C(=O)O)CCC1)CNC(=O)OCC1c2ccccc2-c2ccccc21. The largest absolute Gasteiger partial charge is 0.479 e. The molecule has 0 aromatic heterocycles. The first-order valence-electron chi connectivity index (χ1n) is 11.9. The van der Waals surface area contributed by atoms with E-state index < -0.39 is 17.6 Å². The molecule has 1 unspecified atom stereocenters. The summed E-state index contributed by atoms with van der Waals surface area (Å²) in [6.07, 6.45) is 2.16. The molecule has 0 saturated heterocycles. The third kappa shape index (κ3) is 4.52. The molecule has 2 aliphatic carbocycles. The van der Waals surface area contributed by atoms with Crippen molar-refractivity contribution >= 4 is 18.0 Å². The molecule has 0 radical (unpaired) electrons. The van der Waals surface area contributed by atoms with Gasteiger partial charge in [0.1, 0.15) is 12.1 Å². The predicted molar refractivity (Wildman–Crippen MR) is 128 cm³/mol. The van der Waals surface area contributed by atoms with Gasteiger partial charge in [-0.3, -0.25) is 4.79 Å². The topological polar surface area (TPSA) is 95.9 Å². The molecule has 0 heterocycles. The molecule has 7 heteroatoms. The number of rotatable bonds is 9. The van der Waals surface area contributed by atoms with Crippen LogP contribution in [0.15, 0.2) is 48.5 Å². The number of amides is 2. The van der Waals surface area contributed by atoms with Gasteiger partial charge in [0.25, 0.3) is 0 Å². The van der Waals surface area contributed by atoms with E-state index in [0.29, 0.717) is 25.8 Å². The van der Waals surface area contributed by atoms with Crippen molar-refractivity contribution in [1.29, 1.82) is 0 Å². The molecule has 0 spiro atoms. The van der Waals surface area contributed by atoms with E-state index in [1.165, 1.54) is 16.0 Å². The highest BCUT2D eigenvalue weighted by Gasteiger charge is 2.49. The number of ether oxygens (including phenoxy) is 1. The second-order valence-electron chi connectivity index (χ2n) is 9.49. The minimum atomic E-state index is -1.04. The minimum Gasteiger partial charge on any atom is -0.479 e. The molecule has 2 aromatic carbocycles. The lowest BCUT2D eigenvalue weighted by molar-refractivity contribution is -0.164. The smallest absolute Gasteiger partial charge is 0.407 e. The van der Waals surface area contributed by atoms with Crippen LogP contribution < -0.4 is 5.32 Å². The van der Waals surface area contributed by atoms with E-state index in [0.717, 1.165) is 17.5 Å². The summed E-state index contributed by atoms with van der Waals surface area (Å²) in [4.78, 5) is 37.9. The van der Waals surface area contributed by atoms with Gasteiger partial charge in [0.05, 0.1) is 0 Å². The first kappa shape index (κ1) is 23.8. The molecule has 0 aliphatic heterocycles. The van der Waals surface area contributed by atoms with Gasteiger partial charge in [-0.25, -0.2) is 9.59 Å². The molecule has 2 N–H and O–H groups in total. The van der Waals surface area contributed by atoms with Gasteiger partial charge in [-0.05, 0) is 53.9 Å². The van der Waals surface area contributed by atoms with Crippen LogP contribution in [0.4, 0.5) is 4.79 Å². The molecule has 1 saturated carbocycles. The van der Waals surface area contributed by atoms with Crippen molar-refractivity contribution in [2.24, 2.45) is 5.92 Å². The molecule has 7 nitrogen and oxygen atoms in total. The first-order valence-corrected chi connectivity index (χ1v) is 11.9. The highest BCUT2D eigenvalue weighted by atomic mass is 16.5. The summed E-state index contributed by atoms with van der Waals surface area (Å²) in [5.74, 6) is -1.04. The zero-order valence-electron chi connectivity index (χ0n) is 19.8. The molecule has 0 bridgehead atoms. The number of benzene rings is 2. The average Bonchev–Trinajstić information content (AvgIpc) is 3.12. The Bertz CT molecular complexity index is 1030. The lowest BCUT2D eigenvalue weighted by atomic mass is 9.75. The summed E-state index contributed by atoms with van der Waals surface area (Å²) in [6, 6.07) is 16.4. The molecule has 34 heavy (non-hydrogen) atoms. The van der Waals surface area contributed by atoms with Gasteiger partial charge in [0, 0.05) is 25.9 Å². The molecule has 2 amide bonds. The number of nitrogens with zero attached hydrogens (tertiary/aromatic N) is 1. The van der Waals surface area contributed by atoms with E-state index in [-0.39, 0.29) is 30.8 Å². The number of carboxylic acids is 1. The van der Waals surface area contributed by atoms with Crippen LogP contribution in [-0.2, 0) is 14.3 Å². The maximum absolute atomic E-state index is 12.5. The van der Waals surface area contributed by atoms with Crippen LogP contribution in [0.1, 0.15) is 56.1 Å². The third-order valence-corrected chi connectivity index (χ3v) is 7.38. The Labute approximate surface area is 200 Å². The van der Waals surface area contributed by atoms with Crippen LogP contribution in [-0.4, -0.2) is 53.7 Å². The monoisotopic (exact) mass is 464 g/mol. The van der Waals surface area contributed by atoms with Crippen LogP contribution in [0.3, 0.4) is 0 Å². The average molecular weight is 465 g/mol. The number of hydrogen-bond acceptors (Lipinski definition) is 4. The molecular weight excluding hydrogens is 432 g/mol. The van der Waals surface area contributed by atoms with Crippen molar-refractivity contribution < 1.29 is 24.2 Å². The van der Waals surface area contributed by atoms with Crippen molar-refractivity contribution in [3.63, 3.8) is 0 Å². The Kier molecular flexibility index (Phi) is 6.91. The first-order chi connectivity index (χ1) is 16.3. The maximum atomic E-state index is 12.5. The number of carbonyl (C=O) groups excluding carboxylic acids is 2. The summed E-state index contributed by atoms with van der Waals surface area (Å²) in [5.41, 5.74) is 3.65. The van der Waals surface area contributed by atoms with Gasteiger partial charge < -0.3 is 20.1 Å². The van der Waals surface area contributed by atoms with E-state index >= 15 is 0 Å². The van der Waals surface area contributed by atoms with Gasteiger partial charge >= 0.3 is 12.1 Å². The summed E-state index contributed by atoms with van der Waals surface area (Å²) in [7, 11) is 1.58. The molecule has 2 aromatic rings. The highest BCUT2D eigenvalue weighted by molar-refractivity contribution is 5.87. The zero-order chi connectivity index (χ0) is 24.3. The summed E-state index contributed by atoms with van der Waals surface area (Å²) in [5, 5.41) is 12.3. The fourth-order valence-electron chi connectivity index (χ4n) is 4.99. The second-order valence-corrected chi connectivity index (χ2v) is 9.49. The quantitative estimate of drug-likeness (QED) is 0.573. The van der Waals surface area contributed by atoms with Crippen molar-refractivity contribution in [2.75, 3.05) is 20.2 Å². The zero-order valence-corrected chi connectivity index (χ0v) is 19.8. The predicted octanol–water partition coefficient (Wildman–Crippen LogP) is 4.41. The number of fused-ring (bicyclic) bond motifs is 3. The van der Waals surface area contributed by atoms with Crippen LogP contribution in [0.2, 0.25) is 0 Å². The standard InChI is InChI=1S/C27H32N2O5/c1-18(12-13-24(30)29(2)27(25(31)32)14-7-15-27)16-28-26(33)34-17-23-21-10-5-3-8-19(21)20-9-4-6-11-22(20)23/h3-6,8-11,18,23H,7,12-17H2,1-2H3,(H,28,33)(H,31,32). The molecule has 1 atom stereocenters. The van der Waals surface area contributed by atoms with Gasteiger partial charge in [-0.2, -0.15) is 0 Å². The van der Waals surface area contributed by atoms with Gasteiger partial charge in [0.2, 0.25) is 5.91 Å². The fourth-order valence-corrected chi connectivity index (χ4v) is 4.99. The maximum Gasteiger partial charge on any atom is 0.407 e. The van der Waals surface area contributed by atoms with E-state index in [2.05, 4.69) is 29.6 Å². The third-order valence-electron chi connectivity index (χ3n) is 7.38. The second kappa shape index (κ2) is 9.87. The van der Waals surface area contributed by atoms with E-state index in [9.17, 15) is 19.5 Å². The van der Waals surface area contributed by atoms with E-state index in [1.54, 1.807) is 7.05 Å². The lowest BCUT2D eigenvalue weighted by Crippen LogP contribution is -2.59. The van der Waals surface area contributed by atoms with Gasteiger partial charge in [-0.1, -0.05) is 55.5 Å². The van der Waals surface area contributed by atoms with Crippen molar-refractivity contribution in [3.8, 4) is 11.1 Å². The van der Waals surface area contributed by atoms with Gasteiger partial charge in [-0.15, -0.1) is 0 Å². The molecule has 4 rings (SSSR count).